The molecule has 0 aliphatic carbocycles. The van der Waals surface area contributed by atoms with Crippen molar-refractivity contribution >= 4 is 23.8 Å². The van der Waals surface area contributed by atoms with Gasteiger partial charge in [-0.1, -0.05) is 118 Å². The number of nitrogens with one attached hydrogen (secondary N) is 1. The molecule has 1 N–H and O–H groups in total. The molecule has 8 nitrogen and oxygen atoms in total. The largest absolute Gasteiger partial charge is 0.465 e. The van der Waals surface area contributed by atoms with Crippen molar-refractivity contribution in [2.75, 3.05) is 26.4 Å². The van der Waals surface area contributed by atoms with Crippen molar-refractivity contribution in [2.45, 2.75) is 195 Å². The normalized spacial score (nSPS) is 12.3. The van der Waals surface area contributed by atoms with Gasteiger partial charge in [0.2, 0.25) is 5.91 Å². The zero-order valence-electron chi connectivity index (χ0n) is 31.7. The highest BCUT2D eigenvalue weighted by Crippen LogP contribution is 2.21. The molecule has 0 saturated heterocycles. The van der Waals surface area contributed by atoms with E-state index in [1.165, 1.54) is 51.4 Å². The molecular weight excluding hydrogens is 606 g/mol. The van der Waals surface area contributed by atoms with Crippen LogP contribution in [0, 0.1) is 11.8 Å². The van der Waals surface area contributed by atoms with E-state index >= 15 is 0 Å². The summed E-state index contributed by atoms with van der Waals surface area (Å²) in [6.07, 6.45) is 26.0. The van der Waals surface area contributed by atoms with Gasteiger partial charge in [-0.05, 0) is 70.6 Å². The first-order valence-corrected chi connectivity index (χ1v) is 20.1. The van der Waals surface area contributed by atoms with Crippen molar-refractivity contribution in [3.8, 4) is 0 Å². The third-order valence-corrected chi connectivity index (χ3v) is 9.04. The van der Waals surface area contributed by atoms with Crippen molar-refractivity contribution in [1.29, 1.82) is 0 Å². The molecule has 48 heavy (non-hydrogen) atoms. The van der Waals surface area contributed by atoms with Gasteiger partial charge in [0.1, 0.15) is 6.54 Å². The maximum absolute atomic E-state index is 12.8. The lowest BCUT2D eigenvalue weighted by molar-refractivity contribution is -0.150. The average Bonchev–Trinajstić information content (AvgIpc) is 3.08. The van der Waals surface area contributed by atoms with E-state index in [2.05, 4.69) is 33.0 Å². The standard InChI is InChI=1S/C40H75NO7/c1-5-9-12-14-15-21-29-36(28-20-13-10-6-2)40(45)48-32-24-17-16-23-31-46-38(43)34-41-37(42)30-22-18-25-33-47-39(44)35(26-8-4)27-19-11-7-3/h35-36H,5-34H2,1-4H3,(H,41,42). The molecule has 8 heteroatoms. The predicted octanol–water partition coefficient (Wildman–Crippen LogP) is 10.2. The summed E-state index contributed by atoms with van der Waals surface area (Å²) in [7, 11) is 0. The summed E-state index contributed by atoms with van der Waals surface area (Å²) in [6.45, 7) is 9.74. The molecule has 0 aliphatic heterocycles. The Bertz CT molecular complexity index is 788. The van der Waals surface area contributed by atoms with Crippen LogP contribution in [0.5, 0.6) is 0 Å². The Morgan fingerprint density at radius 1 is 0.438 bits per heavy atom. The van der Waals surface area contributed by atoms with Gasteiger partial charge in [-0.2, -0.15) is 0 Å². The summed E-state index contributed by atoms with van der Waals surface area (Å²) in [5.41, 5.74) is 0. The van der Waals surface area contributed by atoms with Crippen LogP contribution in [0.2, 0.25) is 0 Å². The van der Waals surface area contributed by atoms with Crippen molar-refractivity contribution in [1.82, 2.24) is 5.32 Å². The number of hydrogen-bond acceptors (Lipinski definition) is 7. The average molecular weight is 682 g/mol. The number of carbonyl (C=O) groups excluding carboxylic acids is 4. The molecule has 0 heterocycles. The van der Waals surface area contributed by atoms with Crippen LogP contribution in [0.4, 0.5) is 0 Å². The Hall–Kier alpha value is -2.12. The summed E-state index contributed by atoms with van der Waals surface area (Å²) in [6, 6.07) is 0. The van der Waals surface area contributed by atoms with Gasteiger partial charge < -0.3 is 19.5 Å². The van der Waals surface area contributed by atoms with Crippen molar-refractivity contribution in [2.24, 2.45) is 11.8 Å². The molecular formula is C40H75NO7. The summed E-state index contributed by atoms with van der Waals surface area (Å²) in [5.74, 6) is -0.669. The first-order chi connectivity index (χ1) is 23.4. The minimum atomic E-state index is -0.430. The molecule has 0 radical (unpaired) electrons. The summed E-state index contributed by atoms with van der Waals surface area (Å²) >= 11 is 0. The van der Waals surface area contributed by atoms with Crippen LogP contribution >= 0.6 is 0 Å². The molecule has 0 aliphatic rings. The van der Waals surface area contributed by atoms with E-state index in [0.29, 0.717) is 32.7 Å². The van der Waals surface area contributed by atoms with E-state index in [-0.39, 0.29) is 36.2 Å². The Balaban J connectivity index is 3.90. The molecule has 2 atom stereocenters. The lowest BCUT2D eigenvalue weighted by Crippen LogP contribution is -2.30. The van der Waals surface area contributed by atoms with E-state index in [9.17, 15) is 19.2 Å². The zero-order valence-corrected chi connectivity index (χ0v) is 31.7. The maximum Gasteiger partial charge on any atom is 0.325 e. The highest BCUT2D eigenvalue weighted by Gasteiger charge is 2.20. The van der Waals surface area contributed by atoms with Crippen LogP contribution < -0.4 is 5.32 Å². The number of ether oxygens (including phenoxy) is 3. The Morgan fingerprint density at radius 3 is 1.38 bits per heavy atom. The van der Waals surface area contributed by atoms with Crippen molar-refractivity contribution in [3.63, 3.8) is 0 Å². The predicted molar refractivity (Wildman–Crippen MR) is 196 cm³/mol. The van der Waals surface area contributed by atoms with Crippen LogP contribution in [-0.2, 0) is 33.4 Å². The monoisotopic (exact) mass is 682 g/mol. The number of amides is 1. The van der Waals surface area contributed by atoms with Gasteiger partial charge in [-0.3, -0.25) is 19.2 Å². The molecule has 0 rings (SSSR count). The molecule has 1 amide bonds. The first kappa shape index (κ1) is 45.9. The molecule has 0 aromatic carbocycles. The second kappa shape index (κ2) is 34.7. The van der Waals surface area contributed by atoms with E-state index < -0.39 is 5.97 Å². The Labute approximate surface area is 295 Å². The van der Waals surface area contributed by atoms with Gasteiger partial charge in [0.15, 0.2) is 0 Å². The summed E-state index contributed by atoms with van der Waals surface area (Å²) in [5, 5.41) is 2.63. The maximum atomic E-state index is 12.8. The second-order valence-electron chi connectivity index (χ2n) is 13.6. The molecule has 0 saturated carbocycles. The van der Waals surface area contributed by atoms with E-state index in [1.54, 1.807) is 0 Å². The molecule has 0 bridgehead atoms. The zero-order chi connectivity index (χ0) is 35.5. The third kappa shape index (κ3) is 28.9. The topological polar surface area (TPSA) is 108 Å². The molecule has 2 unspecified atom stereocenters. The lowest BCUT2D eigenvalue weighted by atomic mass is 9.94. The minimum Gasteiger partial charge on any atom is -0.465 e. The molecule has 0 aromatic heterocycles. The number of hydrogen-bond donors (Lipinski definition) is 1. The molecule has 0 fully saturated rings. The Morgan fingerprint density at radius 2 is 0.833 bits per heavy atom. The van der Waals surface area contributed by atoms with Crippen molar-refractivity contribution in [3.05, 3.63) is 0 Å². The van der Waals surface area contributed by atoms with E-state index in [1.807, 2.05) is 0 Å². The SMILES string of the molecule is CCCCCCCCC(CCCCCC)C(=O)OCCCCCCOC(=O)CNC(=O)CCCCCOC(=O)C(CCC)CCCCC. The van der Waals surface area contributed by atoms with Gasteiger partial charge >= 0.3 is 17.9 Å². The van der Waals surface area contributed by atoms with Gasteiger partial charge in [0.25, 0.3) is 0 Å². The van der Waals surface area contributed by atoms with E-state index in [4.69, 9.17) is 14.2 Å². The highest BCUT2D eigenvalue weighted by atomic mass is 16.5. The number of unbranched alkanes of at least 4 members (excludes halogenated alkanes) is 15. The molecule has 282 valence electrons. The van der Waals surface area contributed by atoms with Gasteiger partial charge in [0.05, 0.1) is 31.7 Å². The lowest BCUT2D eigenvalue weighted by Gasteiger charge is -2.16. The Kier molecular flexibility index (Phi) is 33.2. The van der Waals surface area contributed by atoms with Gasteiger partial charge in [-0.15, -0.1) is 0 Å². The summed E-state index contributed by atoms with van der Waals surface area (Å²) in [4.78, 5) is 49.2. The van der Waals surface area contributed by atoms with Crippen LogP contribution in [0.3, 0.4) is 0 Å². The first-order valence-electron chi connectivity index (χ1n) is 20.1. The fraction of sp³-hybridized carbons (Fsp3) is 0.900. The fourth-order valence-corrected chi connectivity index (χ4v) is 5.94. The fourth-order valence-electron chi connectivity index (χ4n) is 5.94. The van der Waals surface area contributed by atoms with Crippen LogP contribution in [0.25, 0.3) is 0 Å². The second-order valence-corrected chi connectivity index (χ2v) is 13.6. The van der Waals surface area contributed by atoms with Crippen LogP contribution in [0.15, 0.2) is 0 Å². The highest BCUT2D eigenvalue weighted by molar-refractivity contribution is 5.81. The number of esters is 3. The summed E-state index contributed by atoms with van der Waals surface area (Å²) < 4.78 is 16.4. The smallest absolute Gasteiger partial charge is 0.325 e. The van der Waals surface area contributed by atoms with Crippen LogP contribution in [-0.4, -0.2) is 50.2 Å². The number of carbonyl (C=O) groups is 4. The van der Waals surface area contributed by atoms with E-state index in [0.717, 1.165) is 103 Å². The van der Waals surface area contributed by atoms with Gasteiger partial charge in [0, 0.05) is 6.42 Å². The molecule has 0 aromatic rings. The van der Waals surface area contributed by atoms with Gasteiger partial charge in [-0.25, -0.2) is 0 Å². The quantitative estimate of drug-likeness (QED) is 0.0403. The van der Waals surface area contributed by atoms with Crippen LogP contribution in [0.1, 0.15) is 195 Å². The number of rotatable bonds is 35. The third-order valence-electron chi connectivity index (χ3n) is 9.04. The minimum absolute atomic E-state index is 0.00541. The molecule has 0 spiro atoms. The van der Waals surface area contributed by atoms with Crippen molar-refractivity contribution < 1.29 is 33.4 Å².